The molecule has 0 aliphatic heterocycles. The van der Waals surface area contributed by atoms with Crippen LogP contribution in [0.5, 0.6) is 5.75 Å². The van der Waals surface area contributed by atoms with E-state index in [0.29, 0.717) is 22.4 Å². The number of halogens is 1. The summed E-state index contributed by atoms with van der Waals surface area (Å²) in [5.41, 5.74) is 0.663. The van der Waals surface area contributed by atoms with E-state index in [-0.39, 0.29) is 12.4 Å². The lowest BCUT2D eigenvalue weighted by atomic mass is 10.3. The van der Waals surface area contributed by atoms with Crippen LogP contribution in [-0.2, 0) is 11.4 Å². The molecule has 0 aliphatic rings. The zero-order valence-corrected chi connectivity index (χ0v) is 13.4. The van der Waals surface area contributed by atoms with Gasteiger partial charge in [0.2, 0.25) is 0 Å². The van der Waals surface area contributed by atoms with E-state index >= 15 is 0 Å². The minimum absolute atomic E-state index is 0.148. The van der Waals surface area contributed by atoms with Crippen molar-refractivity contribution < 1.29 is 19.7 Å². The molecule has 2 N–H and O–H groups in total. The first-order valence-electron chi connectivity index (χ1n) is 5.80. The number of carbonyl (C=O) groups is 1. The van der Waals surface area contributed by atoms with Crippen molar-refractivity contribution in [1.29, 1.82) is 0 Å². The van der Waals surface area contributed by atoms with Gasteiger partial charge in [0.15, 0.2) is 11.0 Å². The summed E-state index contributed by atoms with van der Waals surface area (Å²) in [6.45, 7) is -0.315. The van der Waals surface area contributed by atoms with Gasteiger partial charge in [-0.3, -0.25) is 9.36 Å². The predicted octanol–water partition coefficient (Wildman–Crippen LogP) is 1.71. The summed E-state index contributed by atoms with van der Waals surface area (Å²) in [6.07, 6.45) is 0. The van der Waals surface area contributed by atoms with Crippen molar-refractivity contribution in [1.82, 2.24) is 14.8 Å². The van der Waals surface area contributed by atoms with Gasteiger partial charge >= 0.3 is 5.97 Å². The largest absolute Gasteiger partial charge is 0.497 e. The maximum atomic E-state index is 10.7. The van der Waals surface area contributed by atoms with Crippen LogP contribution in [0.3, 0.4) is 0 Å². The first-order chi connectivity index (χ1) is 10.1. The van der Waals surface area contributed by atoms with Gasteiger partial charge < -0.3 is 14.9 Å². The number of rotatable bonds is 6. The molecule has 0 radical (unpaired) electrons. The smallest absolute Gasteiger partial charge is 0.313 e. The van der Waals surface area contributed by atoms with Gasteiger partial charge in [-0.15, -0.1) is 10.2 Å². The minimum Gasteiger partial charge on any atom is -0.497 e. The molecule has 0 fully saturated rings. The van der Waals surface area contributed by atoms with E-state index in [9.17, 15) is 9.90 Å². The van der Waals surface area contributed by atoms with Crippen LogP contribution < -0.4 is 4.74 Å². The summed E-state index contributed by atoms with van der Waals surface area (Å²) in [7, 11) is 1.55. The van der Waals surface area contributed by atoms with Crippen molar-refractivity contribution >= 4 is 33.7 Å². The van der Waals surface area contributed by atoms with Gasteiger partial charge in [-0.25, -0.2) is 0 Å². The summed E-state index contributed by atoms with van der Waals surface area (Å²) >= 11 is 4.44. The van der Waals surface area contributed by atoms with E-state index in [1.54, 1.807) is 29.9 Å². The third-order valence-electron chi connectivity index (χ3n) is 2.56. The number of hydrogen-bond donors (Lipinski definition) is 2. The monoisotopic (exact) mass is 373 g/mol. The van der Waals surface area contributed by atoms with E-state index in [1.807, 2.05) is 0 Å². The second-order valence-electron chi connectivity index (χ2n) is 3.89. The fourth-order valence-electron chi connectivity index (χ4n) is 1.66. The fourth-order valence-corrected chi connectivity index (χ4v) is 2.76. The lowest BCUT2D eigenvalue weighted by molar-refractivity contribution is -0.133. The van der Waals surface area contributed by atoms with E-state index in [0.717, 1.165) is 16.2 Å². The topological polar surface area (TPSA) is 97.5 Å². The fraction of sp³-hybridized carbons (Fsp3) is 0.250. The molecule has 1 aromatic carbocycles. The van der Waals surface area contributed by atoms with E-state index < -0.39 is 5.97 Å². The van der Waals surface area contributed by atoms with Crippen LogP contribution >= 0.6 is 27.7 Å². The van der Waals surface area contributed by atoms with Gasteiger partial charge in [-0.05, 0) is 28.1 Å². The van der Waals surface area contributed by atoms with Crippen LogP contribution in [0.15, 0.2) is 27.8 Å². The molecule has 0 saturated heterocycles. The molecule has 112 valence electrons. The Bertz CT molecular complexity index is 662. The van der Waals surface area contributed by atoms with Crippen LogP contribution in [-0.4, -0.2) is 43.8 Å². The summed E-state index contributed by atoms with van der Waals surface area (Å²) in [6, 6.07) is 5.32. The SMILES string of the molecule is COc1ccc(Br)c(-n2c(CO)nnc2SCC(=O)O)c1. The summed E-state index contributed by atoms with van der Waals surface area (Å²) in [5, 5.41) is 26.4. The van der Waals surface area contributed by atoms with Crippen molar-refractivity contribution in [2.75, 3.05) is 12.9 Å². The number of carboxylic acids is 1. The van der Waals surface area contributed by atoms with E-state index in [2.05, 4.69) is 26.1 Å². The normalized spacial score (nSPS) is 10.6. The molecule has 0 aliphatic carbocycles. The maximum Gasteiger partial charge on any atom is 0.313 e. The van der Waals surface area contributed by atoms with Gasteiger partial charge in [0.05, 0.1) is 18.6 Å². The van der Waals surface area contributed by atoms with Gasteiger partial charge in [0, 0.05) is 10.5 Å². The van der Waals surface area contributed by atoms with Crippen molar-refractivity contribution in [3.8, 4) is 11.4 Å². The molecule has 0 atom stereocenters. The summed E-state index contributed by atoms with van der Waals surface area (Å²) in [5.74, 6) is -0.160. The molecule has 0 spiro atoms. The first-order valence-corrected chi connectivity index (χ1v) is 7.58. The van der Waals surface area contributed by atoms with Crippen LogP contribution in [0.25, 0.3) is 5.69 Å². The highest BCUT2D eigenvalue weighted by Crippen LogP contribution is 2.30. The molecule has 1 heterocycles. The zero-order valence-electron chi connectivity index (χ0n) is 11.0. The third-order valence-corrected chi connectivity index (χ3v) is 4.15. The Kier molecular flexibility index (Phi) is 5.21. The van der Waals surface area contributed by atoms with E-state index in [4.69, 9.17) is 9.84 Å². The number of aliphatic carboxylic acids is 1. The predicted molar refractivity (Wildman–Crippen MR) is 79.9 cm³/mol. The molecule has 2 aromatic rings. The van der Waals surface area contributed by atoms with Crippen LogP contribution in [0.4, 0.5) is 0 Å². The number of thioether (sulfide) groups is 1. The molecule has 7 nitrogen and oxygen atoms in total. The Morgan fingerprint density at radius 1 is 1.48 bits per heavy atom. The Balaban J connectivity index is 2.50. The highest BCUT2D eigenvalue weighted by atomic mass is 79.9. The minimum atomic E-state index is -0.954. The second-order valence-corrected chi connectivity index (χ2v) is 5.69. The molecule has 21 heavy (non-hydrogen) atoms. The highest BCUT2D eigenvalue weighted by molar-refractivity contribution is 9.10. The molecular formula is C12H12BrN3O4S. The van der Waals surface area contributed by atoms with Gasteiger partial charge in [-0.2, -0.15) is 0 Å². The molecule has 9 heteroatoms. The number of aliphatic hydroxyl groups excluding tert-OH is 1. The number of nitrogens with zero attached hydrogens (tertiary/aromatic N) is 3. The summed E-state index contributed by atoms with van der Waals surface area (Å²) < 4.78 is 7.52. The van der Waals surface area contributed by atoms with Gasteiger partial charge in [-0.1, -0.05) is 11.8 Å². The van der Waals surface area contributed by atoms with Crippen LogP contribution in [0.2, 0.25) is 0 Å². The lowest BCUT2D eigenvalue weighted by Gasteiger charge is -2.12. The van der Waals surface area contributed by atoms with Gasteiger partial charge in [0.1, 0.15) is 12.4 Å². The van der Waals surface area contributed by atoms with Crippen LogP contribution in [0.1, 0.15) is 5.82 Å². The molecular weight excluding hydrogens is 362 g/mol. The van der Waals surface area contributed by atoms with Crippen LogP contribution in [0, 0.1) is 0 Å². The average molecular weight is 374 g/mol. The number of aliphatic hydroxyl groups is 1. The summed E-state index contributed by atoms with van der Waals surface area (Å²) in [4.78, 5) is 10.7. The van der Waals surface area contributed by atoms with E-state index in [1.165, 1.54) is 0 Å². The molecule has 0 amide bonds. The molecule has 2 rings (SSSR count). The molecule has 0 bridgehead atoms. The Labute approximate surface area is 133 Å². The average Bonchev–Trinajstić information content (AvgIpc) is 2.88. The Hall–Kier alpha value is -1.58. The third kappa shape index (κ3) is 3.55. The Morgan fingerprint density at radius 2 is 2.24 bits per heavy atom. The van der Waals surface area contributed by atoms with Crippen molar-refractivity contribution in [2.24, 2.45) is 0 Å². The lowest BCUT2D eigenvalue weighted by Crippen LogP contribution is -2.06. The zero-order chi connectivity index (χ0) is 15.4. The quantitative estimate of drug-likeness (QED) is 0.743. The van der Waals surface area contributed by atoms with Crippen molar-refractivity contribution in [3.63, 3.8) is 0 Å². The maximum absolute atomic E-state index is 10.7. The number of benzene rings is 1. The highest BCUT2D eigenvalue weighted by Gasteiger charge is 2.17. The first kappa shape index (κ1) is 15.8. The van der Waals surface area contributed by atoms with Gasteiger partial charge in [0.25, 0.3) is 0 Å². The number of ether oxygens (including phenoxy) is 1. The Morgan fingerprint density at radius 3 is 2.86 bits per heavy atom. The molecule has 0 saturated carbocycles. The molecule has 1 aromatic heterocycles. The second kappa shape index (κ2) is 6.92. The number of methoxy groups -OCH3 is 1. The van der Waals surface area contributed by atoms with Crippen molar-refractivity contribution in [2.45, 2.75) is 11.8 Å². The van der Waals surface area contributed by atoms with Crippen molar-refractivity contribution in [3.05, 3.63) is 28.5 Å². The number of hydrogen-bond acceptors (Lipinski definition) is 6. The number of carboxylic acid groups (broad SMARTS) is 1. The number of aromatic nitrogens is 3. The standard InChI is InChI=1S/C12H12BrN3O4S/c1-20-7-2-3-8(13)9(4-7)16-10(5-17)14-15-12(16)21-6-11(18)19/h2-4,17H,5-6H2,1H3,(H,18,19). The molecule has 0 unspecified atom stereocenters.